The lowest BCUT2D eigenvalue weighted by atomic mass is 10.2. The summed E-state index contributed by atoms with van der Waals surface area (Å²) in [6.45, 7) is 2.09. The van der Waals surface area contributed by atoms with Crippen LogP contribution in [0.1, 0.15) is 12.6 Å². The van der Waals surface area contributed by atoms with E-state index in [-0.39, 0.29) is 0 Å². The molecule has 2 heterocycles. The Balaban J connectivity index is 2.79. The number of hydrogen-bond acceptors (Lipinski definition) is 2. The fourth-order valence-corrected chi connectivity index (χ4v) is 1.19. The average molecular weight is 147 g/mol. The summed E-state index contributed by atoms with van der Waals surface area (Å²) in [5.74, 6) is 0. The molecule has 0 atom stereocenters. The molecule has 3 heteroatoms. The van der Waals surface area contributed by atoms with E-state index in [0.717, 1.165) is 23.0 Å². The third-order valence-electron chi connectivity index (χ3n) is 1.78. The highest BCUT2D eigenvalue weighted by atomic mass is 15.1. The van der Waals surface area contributed by atoms with Gasteiger partial charge in [0.1, 0.15) is 0 Å². The van der Waals surface area contributed by atoms with Crippen molar-refractivity contribution in [3.05, 3.63) is 24.2 Å². The number of aryl methyl sites for hydroxylation is 1. The molecule has 0 amide bonds. The maximum Gasteiger partial charge on any atom is 0.0865 e. The second-order valence-electron chi connectivity index (χ2n) is 2.45. The van der Waals surface area contributed by atoms with Crippen LogP contribution in [0.25, 0.3) is 10.9 Å². The van der Waals surface area contributed by atoms with Crippen LogP contribution in [-0.4, -0.2) is 15.2 Å². The minimum atomic E-state index is 0.944. The van der Waals surface area contributed by atoms with Gasteiger partial charge in [0.25, 0.3) is 0 Å². The van der Waals surface area contributed by atoms with Crippen molar-refractivity contribution in [1.82, 2.24) is 15.2 Å². The molecule has 0 unspecified atom stereocenters. The SMILES string of the molecule is CCc1nccc2cn[nH]c12. The van der Waals surface area contributed by atoms with Gasteiger partial charge in [0.2, 0.25) is 0 Å². The molecule has 0 aliphatic carbocycles. The highest BCUT2D eigenvalue weighted by Crippen LogP contribution is 2.12. The van der Waals surface area contributed by atoms with Crippen LogP contribution in [-0.2, 0) is 6.42 Å². The molecule has 0 saturated carbocycles. The first-order valence-electron chi connectivity index (χ1n) is 3.68. The van der Waals surface area contributed by atoms with Crippen LogP contribution in [0.5, 0.6) is 0 Å². The Morgan fingerprint density at radius 2 is 2.45 bits per heavy atom. The smallest absolute Gasteiger partial charge is 0.0865 e. The molecule has 0 aromatic carbocycles. The Bertz CT molecular complexity index is 364. The summed E-state index contributed by atoms with van der Waals surface area (Å²) < 4.78 is 0. The van der Waals surface area contributed by atoms with Crippen LogP contribution in [0.4, 0.5) is 0 Å². The number of nitrogens with one attached hydrogen (secondary N) is 1. The molecular formula is C8H9N3. The van der Waals surface area contributed by atoms with Gasteiger partial charge in [-0.2, -0.15) is 5.10 Å². The lowest BCUT2D eigenvalue weighted by Gasteiger charge is -1.94. The van der Waals surface area contributed by atoms with Gasteiger partial charge in [-0.15, -0.1) is 0 Å². The van der Waals surface area contributed by atoms with E-state index in [1.165, 1.54) is 0 Å². The van der Waals surface area contributed by atoms with Crippen molar-refractivity contribution in [3.63, 3.8) is 0 Å². The Kier molecular flexibility index (Phi) is 1.35. The molecule has 1 N–H and O–H groups in total. The number of rotatable bonds is 1. The van der Waals surface area contributed by atoms with E-state index in [4.69, 9.17) is 0 Å². The number of hydrogen-bond donors (Lipinski definition) is 1. The van der Waals surface area contributed by atoms with Crippen molar-refractivity contribution in [3.8, 4) is 0 Å². The first kappa shape index (κ1) is 6.34. The monoisotopic (exact) mass is 147 g/mol. The van der Waals surface area contributed by atoms with Gasteiger partial charge in [0.15, 0.2) is 0 Å². The lowest BCUT2D eigenvalue weighted by molar-refractivity contribution is 1.03. The van der Waals surface area contributed by atoms with Crippen molar-refractivity contribution in [2.75, 3.05) is 0 Å². The minimum absolute atomic E-state index is 0.944. The van der Waals surface area contributed by atoms with E-state index in [1.807, 2.05) is 18.5 Å². The summed E-state index contributed by atoms with van der Waals surface area (Å²) in [4.78, 5) is 4.23. The first-order valence-corrected chi connectivity index (χ1v) is 3.68. The molecule has 11 heavy (non-hydrogen) atoms. The molecule has 0 spiro atoms. The number of aromatic nitrogens is 3. The van der Waals surface area contributed by atoms with Crippen LogP contribution in [0.2, 0.25) is 0 Å². The van der Waals surface area contributed by atoms with Crippen LogP contribution in [0.3, 0.4) is 0 Å². The highest BCUT2D eigenvalue weighted by Gasteiger charge is 1.99. The van der Waals surface area contributed by atoms with Gasteiger partial charge in [-0.25, -0.2) is 0 Å². The Labute approximate surface area is 64.5 Å². The van der Waals surface area contributed by atoms with E-state index in [9.17, 15) is 0 Å². The molecule has 2 aromatic rings. The molecule has 3 nitrogen and oxygen atoms in total. The molecular weight excluding hydrogens is 138 g/mol. The summed E-state index contributed by atoms with van der Waals surface area (Å²) >= 11 is 0. The van der Waals surface area contributed by atoms with E-state index in [1.54, 1.807) is 0 Å². The predicted molar refractivity (Wildman–Crippen MR) is 43.3 cm³/mol. The van der Waals surface area contributed by atoms with Crippen molar-refractivity contribution >= 4 is 10.9 Å². The van der Waals surface area contributed by atoms with Gasteiger partial charge in [-0.3, -0.25) is 10.1 Å². The number of fused-ring (bicyclic) bond motifs is 1. The molecule has 0 fully saturated rings. The summed E-state index contributed by atoms with van der Waals surface area (Å²) in [6, 6.07) is 1.96. The summed E-state index contributed by atoms with van der Waals surface area (Å²) in [7, 11) is 0. The fourth-order valence-electron chi connectivity index (χ4n) is 1.19. The van der Waals surface area contributed by atoms with E-state index in [2.05, 4.69) is 22.1 Å². The first-order chi connectivity index (χ1) is 5.42. The average Bonchev–Trinajstić information content (AvgIpc) is 2.50. The largest absolute Gasteiger partial charge is 0.276 e. The van der Waals surface area contributed by atoms with Gasteiger partial charge in [0, 0.05) is 11.6 Å². The van der Waals surface area contributed by atoms with Gasteiger partial charge < -0.3 is 0 Å². The molecule has 2 aromatic heterocycles. The van der Waals surface area contributed by atoms with Gasteiger partial charge in [-0.05, 0) is 12.5 Å². The third kappa shape index (κ3) is 0.888. The Hall–Kier alpha value is -1.38. The molecule has 0 radical (unpaired) electrons. The van der Waals surface area contributed by atoms with E-state index < -0.39 is 0 Å². The molecule has 0 aliphatic heterocycles. The number of nitrogens with zero attached hydrogens (tertiary/aromatic N) is 2. The minimum Gasteiger partial charge on any atom is -0.276 e. The zero-order valence-corrected chi connectivity index (χ0v) is 6.33. The van der Waals surface area contributed by atoms with Crippen LogP contribution in [0, 0.1) is 0 Å². The Morgan fingerprint density at radius 3 is 3.27 bits per heavy atom. The van der Waals surface area contributed by atoms with Crippen molar-refractivity contribution in [2.45, 2.75) is 13.3 Å². The van der Waals surface area contributed by atoms with Crippen molar-refractivity contribution in [2.24, 2.45) is 0 Å². The van der Waals surface area contributed by atoms with Crippen molar-refractivity contribution < 1.29 is 0 Å². The van der Waals surface area contributed by atoms with Crippen LogP contribution in [0.15, 0.2) is 18.5 Å². The summed E-state index contributed by atoms with van der Waals surface area (Å²) in [6.07, 6.45) is 4.58. The van der Waals surface area contributed by atoms with Gasteiger partial charge in [-0.1, -0.05) is 6.92 Å². The number of pyridine rings is 1. The molecule has 0 aliphatic rings. The maximum atomic E-state index is 4.23. The molecule has 0 saturated heterocycles. The van der Waals surface area contributed by atoms with E-state index >= 15 is 0 Å². The van der Waals surface area contributed by atoms with Crippen molar-refractivity contribution in [1.29, 1.82) is 0 Å². The second-order valence-corrected chi connectivity index (χ2v) is 2.45. The normalized spacial score (nSPS) is 10.6. The summed E-state index contributed by atoms with van der Waals surface area (Å²) in [5, 5.41) is 8.01. The zero-order valence-electron chi connectivity index (χ0n) is 6.33. The molecule has 0 bridgehead atoms. The van der Waals surface area contributed by atoms with Crippen LogP contribution < -0.4 is 0 Å². The third-order valence-corrected chi connectivity index (χ3v) is 1.78. The maximum absolute atomic E-state index is 4.23. The van der Waals surface area contributed by atoms with Gasteiger partial charge in [0.05, 0.1) is 17.4 Å². The van der Waals surface area contributed by atoms with E-state index in [0.29, 0.717) is 0 Å². The fraction of sp³-hybridized carbons (Fsp3) is 0.250. The highest BCUT2D eigenvalue weighted by molar-refractivity contribution is 5.79. The molecule has 56 valence electrons. The van der Waals surface area contributed by atoms with Gasteiger partial charge >= 0.3 is 0 Å². The predicted octanol–water partition coefficient (Wildman–Crippen LogP) is 1.52. The quantitative estimate of drug-likeness (QED) is 0.664. The standard InChI is InChI=1S/C8H9N3/c1-2-7-8-6(3-4-9-7)5-10-11-8/h3-5H,2H2,1H3,(H,10,11). The number of H-pyrrole nitrogens is 1. The topological polar surface area (TPSA) is 41.6 Å². The second kappa shape index (κ2) is 2.34. The Morgan fingerprint density at radius 1 is 1.55 bits per heavy atom. The molecule has 2 rings (SSSR count). The number of aromatic amines is 1. The van der Waals surface area contributed by atoms with Crippen LogP contribution >= 0.6 is 0 Å². The zero-order chi connectivity index (χ0) is 7.68. The lowest BCUT2D eigenvalue weighted by Crippen LogP contribution is -1.86. The summed E-state index contributed by atoms with van der Waals surface area (Å²) in [5.41, 5.74) is 2.15.